The normalized spacial score (nSPS) is 14.4. The van der Waals surface area contributed by atoms with Crippen LogP contribution in [0.25, 0.3) is 10.9 Å². The van der Waals surface area contributed by atoms with Crippen LogP contribution in [0, 0.1) is 11.6 Å². The maximum atomic E-state index is 13.6. The summed E-state index contributed by atoms with van der Waals surface area (Å²) in [6.45, 7) is 2.28. The molecule has 2 heterocycles. The Morgan fingerprint density at radius 3 is 2.28 bits per heavy atom. The highest BCUT2D eigenvalue weighted by Crippen LogP contribution is 2.28. The van der Waals surface area contributed by atoms with Gasteiger partial charge in [0, 0.05) is 49.0 Å². The number of carbonyl (C=O) groups excluding carboxylic acids is 1. The largest absolute Gasteiger partial charge is 0.368 e. The molecular formula is C27H25F2N3O3S. The van der Waals surface area contributed by atoms with Gasteiger partial charge in [0.15, 0.2) is 9.84 Å². The number of nitrogens with zero attached hydrogens (tertiary/aromatic N) is 3. The van der Waals surface area contributed by atoms with Crippen LogP contribution in [0.1, 0.15) is 5.56 Å². The van der Waals surface area contributed by atoms with E-state index >= 15 is 0 Å². The Hall–Kier alpha value is -3.72. The molecule has 186 valence electrons. The molecule has 3 aromatic carbocycles. The number of hydrogen-bond donors (Lipinski definition) is 0. The molecule has 1 saturated heterocycles. The average Bonchev–Trinajstić information content (AvgIpc) is 3.24. The Balaban J connectivity index is 1.33. The average molecular weight is 510 g/mol. The van der Waals surface area contributed by atoms with Gasteiger partial charge in [-0.05, 0) is 48.0 Å². The predicted molar refractivity (Wildman–Crippen MR) is 134 cm³/mol. The predicted octanol–water partition coefficient (Wildman–Crippen LogP) is 4.24. The highest BCUT2D eigenvalue weighted by molar-refractivity contribution is 7.90. The molecule has 0 N–H and O–H groups in total. The summed E-state index contributed by atoms with van der Waals surface area (Å²) in [7, 11) is -3.78. The number of fused-ring (bicyclic) bond motifs is 1. The van der Waals surface area contributed by atoms with E-state index in [1.54, 1.807) is 51.9 Å². The first kappa shape index (κ1) is 24.0. The van der Waals surface area contributed by atoms with Gasteiger partial charge in [-0.15, -0.1) is 0 Å². The van der Waals surface area contributed by atoms with Crippen LogP contribution in [0.5, 0.6) is 0 Å². The highest BCUT2D eigenvalue weighted by atomic mass is 32.2. The van der Waals surface area contributed by atoms with Crippen molar-refractivity contribution in [3.63, 3.8) is 0 Å². The van der Waals surface area contributed by atoms with Crippen molar-refractivity contribution in [2.75, 3.05) is 31.1 Å². The Morgan fingerprint density at radius 1 is 0.833 bits per heavy atom. The van der Waals surface area contributed by atoms with Gasteiger partial charge in [0.25, 0.3) is 0 Å². The van der Waals surface area contributed by atoms with E-state index < -0.39 is 15.7 Å². The zero-order chi connectivity index (χ0) is 25.3. The van der Waals surface area contributed by atoms with Crippen molar-refractivity contribution >= 4 is 32.3 Å². The lowest BCUT2D eigenvalue weighted by molar-refractivity contribution is -0.132. The lowest BCUT2D eigenvalue weighted by Gasteiger charge is -2.36. The minimum absolute atomic E-state index is 0.00649. The van der Waals surface area contributed by atoms with Crippen LogP contribution in [0.2, 0.25) is 0 Å². The minimum atomic E-state index is -3.78. The minimum Gasteiger partial charge on any atom is -0.368 e. The highest BCUT2D eigenvalue weighted by Gasteiger charge is 2.25. The second-order valence-corrected chi connectivity index (χ2v) is 10.8. The topological polar surface area (TPSA) is 62.6 Å². The van der Waals surface area contributed by atoms with Crippen LogP contribution >= 0.6 is 0 Å². The summed E-state index contributed by atoms with van der Waals surface area (Å²) >= 11 is 0. The Bertz CT molecular complexity index is 1510. The van der Waals surface area contributed by atoms with Gasteiger partial charge < -0.3 is 14.4 Å². The number of anilines is 1. The molecule has 0 saturated carbocycles. The van der Waals surface area contributed by atoms with Crippen molar-refractivity contribution in [2.45, 2.75) is 17.2 Å². The van der Waals surface area contributed by atoms with Crippen molar-refractivity contribution < 1.29 is 22.0 Å². The zero-order valence-electron chi connectivity index (χ0n) is 19.5. The summed E-state index contributed by atoms with van der Waals surface area (Å²) in [5.74, 6) is -1.22. The first-order valence-electron chi connectivity index (χ1n) is 11.6. The van der Waals surface area contributed by atoms with Crippen molar-refractivity contribution in [2.24, 2.45) is 0 Å². The van der Waals surface area contributed by atoms with Crippen LogP contribution in [0.4, 0.5) is 14.5 Å². The van der Waals surface area contributed by atoms with E-state index in [0.29, 0.717) is 42.6 Å². The van der Waals surface area contributed by atoms with E-state index in [1.165, 1.54) is 36.5 Å². The third-order valence-corrected chi connectivity index (χ3v) is 8.17. The van der Waals surface area contributed by atoms with Gasteiger partial charge in [-0.2, -0.15) is 0 Å². The number of hydrogen-bond acceptors (Lipinski definition) is 4. The lowest BCUT2D eigenvalue weighted by Crippen LogP contribution is -2.49. The second kappa shape index (κ2) is 9.73. The Kier molecular flexibility index (Phi) is 6.49. The molecule has 0 unspecified atom stereocenters. The fourth-order valence-electron chi connectivity index (χ4n) is 4.63. The molecular weight excluding hydrogens is 484 g/mol. The van der Waals surface area contributed by atoms with E-state index in [4.69, 9.17) is 0 Å². The van der Waals surface area contributed by atoms with E-state index in [1.807, 2.05) is 0 Å². The molecule has 0 spiro atoms. The summed E-state index contributed by atoms with van der Waals surface area (Å²) in [6, 6.07) is 18.9. The third-order valence-electron chi connectivity index (χ3n) is 6.46. The van der Waals surface area contributed by atoms with Gasteiger partial charge in [0.1, 0.15) is 18.2 Å². The van der Waals surface area contributed by atoms with Crippen molar-refractivity contribution in [1.29, 1.82) is 0 Å². The van der Waals surface area contributed by atoms with E-state index in [-0.39, 0.29) is 28.9 Å². The van der Waals surface area contributed by atoms with Gasteiger partial charge >= 0.3 is 0 Å². The first-order valence-corrected chi connectivity index (χ1v) is 13.3. The standard InChI is InChI=1S/C27H25F2N3O3S/c28-21-8-10-23(11-9-21)30-12-14-31(15-13-30)27(33)18-32-17-26(24-6-1-2-7-25(24)32)36(34,35)19-20-4-3-5-22(29)16-20/h1-11,16-17H,12-15,18-19H2. The summed E-state index contributed by atoms with van der Waals surface area (Å²) in [5, 5.41) is 0.530. The number of halogens is 2. The SMILES string of the molecule is O=C(Cn1cc(S(=O)(=O)Cc2cccc(F)c2)c2ccccc21)N1CCN(c2ccc(F)cc2)CC1. The van der Waals surface area contributed by atoms with Crippen LogP contribution < -0.4 is 4.90 Å². The maximum absolute atomic E-state index is 13.6. The van der Waals surface area contributed by atoms with Gasteiger partial charge in [0.2, 0.25) is 5.91 Å². The molecule has 0 bridgehead atoms. The summed E-state index contributed by atoms with van der Waals surface area (Å²) in [4.78, 5) is 17.1. The molecule has 4 aromatic rings. The van der Waals surface area contributed by atoms with Crippen molar-refractivity contribution in [3.05, 3.63) is 96.2 Å². The number of rotatable bonds is 6. The van der Waals surface area contributed by atoms with Crippen LogP contribution in [-0.2, 0) is 26.9 Å². The van der Waals surface area contributed by atoms with Gasteiger partial charge in [-0.25, -0.2) is 17.2 Å². The van der Waals surface area contributed by atoms with Crippen LogP contribution in [-0.4, -0.2) is 50.0 Å². The smallest absolute Gasteiger partial charge is 0.242 e. The fourth-order valence-corrected chi connectivity index (χ4v) is 6.20. The van der Waals surface area contributed by atoms with Crippen molar-refractivity contribution in [3.8, 4) is 0 Å². The molecule has 0 aliphatic carbocycles. The molecule has 1 aliphatic rings. The Morgan fingerprint density at radius 2 is 1.56 bits per heavy atom. The van der Waals surface area contributed by atoms with E-state index in [9.17, 15) is 22.0 Å². The summed E-state index contributed by atoms with van der Waals surface area (Å²) < 4.78 is 55.0. The third kappa shape index (κ3) is 4.97. The van der Waals surface area contributed by atoms with Gasteiger partial charge in [-0.1, -0.05) is 30.3 Å². The number of aromatic nitrogens is 1. The van der Waals surface area contributed by atoms with Gasteiger partial charge in [0.05, 0.1) is 10.6 Å². The maximum Gasteiger partial charge on any atom is 0.242 e. The van der Waals surface area contributed by atoms with Crippen molar-refractivity contribution in [1.82, 2.24) is 9.47 Å². The van der Waals surface area contributed by atoms with Gasteiger partial charge in [-0.3, -0.25) is 4.79 Å². The molecule has 0 atom stereocenters. The molecule has 1 aromatic heterocycles. The lowest BCUT2D eigenvalue weighted by atomic mass is 10.2. The molecule has 1 fully saturated rings. The quantitative estimate of drug-likeness (QED) is 0.390. The number of sulfone groups is 1. The number of benzene rings is 3. The Labute approximate surface area is 208 Å². The monoisotopic (exact) mass is 509 g/mol. The first-order chi connectivity index (χ1) is 17.3. The molecule has 1 amide bonds. The van der Waals surface area contributed by atoms with E-state index in [2.05, 4.69) is 4.90 Å². The second-order valence-electron chi connectivity index (χ2n) is 8.87. The molecule has 0 radical (unpaired) electrons. The molecule has 1 aliphatic heterocycles. The summed E-state index contributed by atoms with van der Waals surface area (Å²) in [5.41, 5.74) is 1.92. The van der Waals surface area contributed by atoms with Crippen LogP contribution in [0.3, 0.4) is 0 Å². The number of amides is 1. The molecule has 6 nitrogen and oxygen atoms in total. The number of carbonyl (C=O) groups is 1. The zero-order valence-corrected chi connectivity index (χ0v) is 20.3. The molecule has 9 heteroatoms. The number of para-hydroxylation sites is 1. The van der Waals surface area contributed by atoms with E-state index in [0.717, 1.165) is 5.69 Å². The fraction of sp³-hybridized carbons (Fsp3) is 0.222. The molecule has 36 heavy (non-hydrogen) atoms. The number of piperazine rings is 1. The summed E-state index contributed by atoms with van der Waals surface area (Å²) in [6.07, 6.45) is 1.51. The van der Waals surface area contributed by atoms with Crippen LogP contribution in [0.15, 0.2) is 83.9 Å². The molecule has 5 rings (SSSR count).